The molecule has 11 nitrogen and oxygen atoms in total. The molecular weight excluding hydrogens is 721 g/mol. The van der Waals surface area contributed by atoms with Gasteiger partial charge in [-0.2, -0.15) is 0 Å². The van der Waals surface area contributed by atoms with Crippen LogP contribution >= 0.6 is 23.2 Å². The zero-order chi connectivity index (χ0) is 35.5. The van der Waals surface area contributed by atoms with Crippen molar-refractivity contribution >= 4 is 78.2 Å². The van der Waals surface area contributed by atoms with Gasteiger partial charge in [0.25, 0.3) is 10.0 Å². The smallest absolute Gasteiger partial charge is 0.263 e. The fourth-order valence-electron chi connectivity index (χ4n) is 7.27. The molecule has 1 aliphatic heterocycles. The molecule has 3 aromatic carbocycles. The van der Waals surface area contributed by atoms with Gasteiger partial charge in [-0.25, -0.2) is 37.1 Å². The molecule has 16 heteroatoms. The van der Waals surface area contributed by atoms with Gasteiger partial charge < -0.3 is 15.3 Å². The number of aromatic nitrogens is 5. The molecule has 4 heterocycles. The third kappa shape index (κ3) is 5.89. The van der Waals surface area contributed by atoms with Crippen molar-refractivity contribution in [3.63, 3.8) is 0 Å². The minimum atomic E-state index is -4.41. The number of nitrogens with zero attached hydrogens (tertiary/aromatic N) is 6. The van der Waals surface area contributed by atoms with E-state index in [0.29, 0.717) is 11.3 Å². The number of para-hydroxylation sites is 1. The highest BCUT2D eigenvalue weighted by atomic mass is 35.5. The zero-order valence-electron chi connectivity index (χ0n) is 26.8. The van der Waals surface area contributed by atoms with E-state index in [4.69, 9.17) is 33.2 Å². The lowest BCUT2D eigenvalue weighted by Gasteiger charge is -2.42. The van der Waals surface area contributed by atoms with Crippen molar-refractivity contribution in [2.75, 3.05) is 28.0 Å². The molecule has 1 spiro atoms. The predicted molar refractivity (Wildman–Crippen MR) is 193 cm³/mol. The topological polar surface area (TPSA) is 138 Å². The summed E-state index contributed by atoms with van der Waals surface area (Å²) in [6.45, 7) is 1.65. The Morgan fingerprint density at radius 1 is 0.922 bits per heavy atom. The Hall–Kier alpha value is -4.63. The van der Waals surface area contributed by atoms with Crippen molar-refractivity contribution < 1.29 is 22.3 Å². The van der Waals surface area contributed by atoms with E-state index in [0.717, 1.165) is 74.0 Å². The van der Waals surface area contributed by atoms with Gasteiger partial charge in [0.2, 0.25) is 0 Å². The van der Waals surface area contributed by atoms with Crippen molar-refractivity contribution in [1.29, 1.82) is 0 Å². The number of hydrogen-bond donors (Lipinski definition) is 3. The zero-order valence-corrected chi connectivity index (χ0v) is 29.2. The van der Waals surface area contributed by atoms with E-state index in [9.17, 15) is 13.5 Å². The summed E-state index contributed by atoms with van der Waals surface area (Å²) in [5.41, 5.74) is 2.03. The Bertz CT molecular complexity index is 2440. The molecule has 8 rings (SSSR count). The van der Waals surface area contributed by atoms with E-state index in [-0.39, 0.29) is 37.8 Å². The lowest BCUT2D eigenvalue weighted by atomic mass is 9.75. The monoisotopic (exact) mass is 750 g/mol. The summed E-state index contributed by atoms with van der Waals surface area (Å²) >= 11 is 12.1. The van der Waals surface area contributed by atoms with E-state index in [1.165, 1.54) is 24.5 Å². The fourth-order valence-corrected chi connectivity index (χ4v) is 9.09. The van der Waals surface area contributed by atoms with Crippen molar-refractivity contribution in [2.24, 2.45) is 5.41 Å². The fraction of sp³-hybridized carbons (Fsp3) is 0.257. The molecule has 3 aromatic heterocycles. The summed E-state index contributed by atoms with van der Waals surface area (Å²) in [5, 5.41) is 13.1. The number of fused-ring (bicyclic) bond motifs is 2. The van der Waals surface area contributed by atoms with Gasteiger partial charge in [-0.15, -0.1) is 0 Å². The first-order valence-corrected chi connectivity index (χ1v) is 18.5. The van der Waals surface area contributed by atoms with Crippen molar-refractivity contribution in [3.8, 4) is 5.82 Å². The van der Waals surface area contributed by atoms with Crippen LogP contribution in [0, 0.1) is 17.0 Å². The molecule has 0 radical (unpaired) electrons. The molecule has 2 aliphatic rings. The molecule has 1 saturated carbocycles. The van der Waals surface area contributed by atoms with Crippen LogP contribution in [0.1, 0.15) is 32.1 Å². The SMILES string of the molecule is O=S(=O)(Nc1ccc(F)c(Nc2ncnc3ccc(-n4cnc5c(N6CCC7(CCCC7O)CC6)cccc54)nc23)c1F)c1cccc(Cl)c1Cl. The van der Waals surface area contributed by atoms with Crippen LogP contribution in [-0.4, -0.2) is 57.2 Å². The predicted octanol–water partition coefficient (Wildman–Crippen LogP) is 7.62. The van der Waals surface area contributed by atoms with Crippen LogP contribution in [0.2, 0.25) is 10.0 Å². The summed E-state index contributed by atoms with van der Waals surface area (Å²) in [6.07, 6.45) is 7.53. The molecule has 3 N–H and O–H groups in total. The van der Waals surface area contributed by atoms with Crippen LogP contribution in [0.5, 0.6) is 0 Å². The molecule has 262 valence electrons. The normalized spacial score (nSPS) is 17.4. The third-order valence-electron chi connectivity index (χ3n) is 10.0. The molecule has 1 aliphatic carbocycles. The van der Waals surface area contributed by atoms with Crippen LogP contribution in [-0.2, 0) is 10.0 Å². The maximum atomic E-state index is 15.8. The molecule has 0 amide bonds. The Morgan fingerprint density at radius 3 is 2.51 bits per heavy atom. The first-order chi connectivity index (χ1) is 24.5. The molecule has 0 bridgehead atoms. The second kappa shape index (κ2) is 12.9. The Morgan fingerprint density at radius 2 is 1.73 bits per heavy atom. The summed E-state index contributed by atoms with van der Waals surface area (Å²) in [5.74, 6) is -1.77. The highest BCUT2D eigenvalue weighted by molar-refractivity contribution is 7.92. The van der Waals surface area contributed by atoms with E-state index in [1.54, 1.807) is 18.5 Å². The highest BCUT2D eigenvalue weighted by Gasteiger charge is 2.44. The van der Waals surface area contributed by atoms with E-state index in [2.05, 4.69) is 24.9 Å². The summed E-state index contributed by atoms with van der Waals surface area (Å²) < 4.78 is 61.1. The molecule has 1 saturated heterocycles. The average Bonchev–Trinajstić information content (AvgIpc) is 3.72. The first kappa shape index (κ1) is 33.5. The lowest BCUT2D eigenvalue weighted by molar-refractivity contribution is 0.0334. The third-order valence-corrected chi connectivity index (χ3v) is 12.4. The Kier molecular flexibility index (Phi) is 8.44. The van der Waals surface area contributed by atoms with Crippen molar-refractivity contribution in [2.45, 2.75) is 43.1 Å². The summed E-state index contributed by atoms with van der Waals surface area (Å²) in [4.78, 5) is 20.0. The van der Waals surface area contributed by atoms with Crippen LogP contribution in [0.3, 0.4) is 0 Å². The summed E-state index contributed by atoms with van der Waals surface area (Å²) in [7, 11) is -4.41. The number of pyridine rings is 1. The molecule has 6 aromatic rings. The number of rotatable bonds is 7. The van der Waals surface area contributed by atoms with E-state index in [1.807, 2.05) is 22.8 Å². The van der Waals surface area contributed by atoms with Gasteiger partial charge in [0.15, 0.2) is 11.6 Å². The quantitative estimate of drug-likeness (QED) is 0.150. The van der Waals surface area contributed by atoms with Gasteiger partial charge in [-0.3, -0.25) is 9.29 Å². The number of imidazole rings is 1. The number of aliphatic hydroxyl groups excluding tert-OH is 1. The molecule has 1 atom stereocenters. The molecule has 51 heavy (non-hydrogen) atoms. The second-order valence-corrected chi connectivity index (χ2v) is 15.3. The van der Waals surface area contributed by atoms with Gasteiger partial charge in [-0.05, 0) is 79.6 Å². The average molecular weight is 752 g/mol. The van der Waals surface area contributed by atoms with Gasteiger partial charge in [-0.1, -0.05) is 41.8 Å². The first-order valence-electron chi connectivity index (χ1n) is 16.3. The van der Waals surface area contributed by atoms with Crippen LogP contribution in [0.25, 0.3) is 27.9 Å². The van der Waals surface area contributed by atoms with Crippen LogP contribution in [0.15, 0.2) is 78.2 Å². The summed E-state index contributed by atoms with van der Waals surface area (Å²) in [6, 6.07) is 15.3. The number of aliphatic hydroxyl groups is 1. The van der Waals surface area contributed by atoms with Gasteiger partial charge in [0.05, 0.1) is 38.6 Å². The maximum Gasteiger partial charge on any atom is 0.263 e. The van der Waals surface area contributed by atoms with E-state index < -0.39 is 33.0 Å². The van der Waals surface area contributed by atoms with Gasteiger partial charge in [0.1, 0.15) is 45.9 Å². The number of nitrogens with one attached hydrogen (secondary N) is 2. The van der Waals surface area contributed by atoms with E-state index >= 15 is 8.78 Å². The Balaban J connectivity index is 1.10. The largest absolute Gasteiger partial charge is 0.393 e. The molecular formula is C35H30Cl2F2N8O3S. The number of benzene rings is 3. The molecule has 2 fully saturated rings. The lowest BCUT2D eigenvalue weighted by Crippen LogP contribution is -2.43. The van der Waals surface area contributed by atoms with Gasteiger partial charge in [0, 0.05) is 13.1 Å². The number of hydrogen-bond acceptors (Lipinski definition) is 9. The molecule has 1 unspecified atom stereocenters. The van der Waals surface area contributed by atoms with Crippen molar-refractivity contribution in [3.05, 3.63) is 95.0 Å². The number of sulfonamides is 1. The highest BCUT2D eigenvalue weighted by Crippen LogP contribution is 2.47. The van der Waals surface area contributed by atoms with Crippen LogP contribution in [0.4, 0.5) is 31.7 Å². The van der Waals surface area contributed by atoms with Crippen molar-refractivity contribution in [1.82, 2.24) is 24.5 Å². The number of anilines is 4. The Labute approximate surface area is 301 Å². The minimum absolute atomic E-state index is 0.00586. The van der Waals surface area contributed by atoms with Crippen LogP contribution < -0.4 is 14.9 Å². The number of piperidine rings is 1. The maximum absolute atomic E-state index is 15.8. The van der Waals surface area contributed by atoms with Gasteiger partial charge >= 0.3 is 0 Å². The number of halogens is 4. The second-order valence-electron chi connectivity index (χ2n) is 12.8. The standard InChI is InChI=1S/C35H30Cl2F2N8O3S/c36-20-4-1-7-26(29(20)37)51(49,50)45-22-10-9-21(38)31(30(22)39)44-34-32-23(40-18-41-34)11-12-28(43-32)47-19-42-33-24(5-2-6-25(33)47)46-16-14-35(15-17-46)13-3-8-27(35)48/h1-2,4-7,9-12,18-19,27,45,48H,3,8,13-17H2,(H,40,41,44). The minimum Gasteiger partial charge on any atom is -0.393 e.